The van der Waals surface area contributed by atoms with Crippen LogP contribution in [0.5, 0.6) is 0 Å². The van der Waals surface area contributed by atoms with Gasteiger partial charge in [-0.1, -0.05) is 20.3 Å². The third-order valence-corrected chi connectivity index (χ3v) is 1.87. The van der Waals surface area contributed by atoms with Gasteiger partial charge in [0.1, 0.15) is 0 Å². The maximum Gasteiger partial charge on any atom is 0.00534 e. The van der Waals surface area contributed by atoms with Crippen molar-refractivity contribution in [2.75, 3.05) is 6.54 Å². The lowest BCUT2D eigenvalue weighted by Gasteiger charge is -2.16. The van der Waals surface area contributed by atoms with Crippen LogP contribution in [0.3, 0.4) is 0 Å². The second-order valence-electron chi connectivity index (χ2n) is 3.24. The lowest BCUT2D eigenvalue weighted by atomic mass is 10.1. The van der Waals surface area contributed by atoms with Gasteiger partial charge in [-0.05, 0) is 26.3 Å². The van der Waals surface area contributed by atoms with Crippen LogP contribution >= 0.6 is 0 Å². The molecule has 2 nitrogen and oxygen atoms in total. The van der Waals surface area contributed by atoms with E-state index in [2.05, 4.69) is 26.1 Å². The van der Waals surface area contributed by atoms with Crippen LogP contribution in [0.25, 0.3) is 0 Å². The molecule has 0 aliphatic carbocycles. The van der Waals surface area contributed by atoms with Crippen molar-refractivity contribution >= 4 is 0 Å². The van der Waals surface area contributed by atoms with E-state index in [1.54, 1.807) is 0 Å². The van der Waals surface area contributed by atoms with Crippen molar-refractivity contribution in [3.63, 3.8) is 0 Å². The Morgan fingerprint density at radius 3 is 2.45 bits per heavy atom. The number of hydrogen-bond donors (Lipinski definition) is 2. The quantitative estimate of drug-likeness (QED) is 0.615. The molecule has 0 rings (SSSR count). The fourth-order valence-electron chi connectivity index (χ4n) is 1.37. The molecule has 2 heteroatoms. The summed E-state index contributed by atoms with van der Waals surface area (Å²) in [7, 11) is 0. The Bertz CT molecular complexity index is 73.6. The van der Waals surface area contributed by atoms with Gasteiger partial charge in [-0.3, -0.25) is 0 Å². The van der Waals surface area contributed by atoms with Gasteiger partial charge in [0.25, 0.3) is 0 Å². The SMILES string of the molecule is CCCC(N)CC(C)NCC. The second-order valence-corrected chi connectivity index (χ2v) is 3.24. The van der Waals surface area contributed by atoms with Crippen LogP contribution in [0.15, 0.2) is 0 Å². The van der Waals surface area contributed by atoms with Crippen LogP contribution in [-0.2, 0) is 0 Å². The lowest BCUT2D eigenvalue weighted by molar-refractivity contribution is 0.453. The first-order chi connectivity index (χ1) is 5.20. The van der Waals surface area contributed by atoms with Gasteiger partial charge in [0.15, 0.2) is 0 Å². The molecule has 0 aromatic rings. The van der Waals surface area contributed by atoms with Gasteiger partial charge < -0.3 is 11.1 Å². The van der Waals surface area contributed by atoms with Gasteiger partial charge in [0.05, 0.1) is 0 Å². The molecule has 2 unspecified atom stereocenters. The van der Waals surface area contributed by atoms with E-state index < -0.39 is 0 Å². The van der Waals surface area contributed by atoms with Crippen LogP contribution in [0.2, 0.25) is 0 Å². The Labute approximate surface area is 70.5 Å². The fourth-order valence-corrected chi connectivity index (χ4v) is 1.37. The minimum atomic E-state index is 0.383. The number of nitrogens with two attached hydrogens (primary N) is 1. The molecule has 0 amide bonds. The molecular weight excluding hydrogens is 136 g/mol. The van der Waals surface area contributed by atoms with E-state index in [-0.39, 0.29) is 0 Å². The lowest BCUT2D eigenvalue weighted by Crippen LogP contribution is -2.33. The topological polar surface area (TPSA) is 38.0 Å². The summed E-state index contributed by atoms with van der Waals surface area (Å²) >= 11 is 0. The summed E-state index contributed by atoms with van der Waals surface area (Å²) in [5, 5.41) is 3.35. The summed E-state index contributed by atoms with van der Waals surface area (Å²) in [6, 6.07) is 0.954. The maximum atomic E-state index is 5.88. The molecule has 2 atom stereocenters. The first-order valence-electron chi connectivity index (χ1n) is 4.69. The van der Waals surface area contributed by atoms with Gasteiger partial charge in [0, 0.05) is 12.1 Å². The Morgan fingerprint density at radius 2 is 2.00 bits per heavy atom. The monoisotopic (exact) mass is 158 g/mol. The first-order valence-corrected chi connectivity index (χ1v) is 4.69. The molecule has 0 spiro atoms. The second kappa shape index (κ2) is 6.62. The minimum Gasteiger partial charge on any atom is -0.328 e. The van der Waals surface area contributed by atoms with Gasteiger partial charge in [-0.2, -0.15) is 0 Å². The third-order valence-electron chi connectivity index (χ3n) is 1.87. The Hall–Kier alpha value is -0.0800. The van der Waals surface area contributed by atoms with Crippen LogP contribution in [0.4, 0.5) is 0 Å². The van der Waals surface area contributed by atoms with Crippen LogP contribution in [0.1, 0.15) is 40.0 Å². The summed E-state index contributed by atoms with van der Waals surface area (Å²) < 4.78 is 0. The normalized spacial score (nSPS) is 16.4. The van der Waals surface area contributed by atoms with Crippen molar-refractivity contribution in [3.05, 3.63) is 0 Å². The molecule has 3 N–H and O–H groups in total. The third kappa shape index (κ3) is 6.32. The smallest absolute Gasteiger partial charge is 0.00534 e. The Balaban J connectivity index is 3.32. The van der Waals surface area contributed by atoms with Crippen molar-refractivity contribution in [2.45, 2.75) is 52.1 Å². The van der Waals surface area contributed by atoms with Crippen LogP contribution in [-0.4, -0.2) is 18.6 Å². The highest BCUT2D eigenvalue weighted by Gasteiger charge is 2.05. The molecule has 0 heterocycles. The molecule has 0 fully saturated rings. The zero-order chi connectivity index (χ0) is 8.69. The van der Waals surface area contributed by atoms with Gasteiger partial charge in [0.2, 0.25) is 0 Å². The van der Waals surface area contributed by atoms with Crippen molar-refractivity contribution in [1.29, 1.82) is 0 Å². The first kappa shape index (κ1) is 10.9. The van der Waals surface area contributed by atoms with Crippen molar-refractivity contribution < 1.29 is 0 Å². The average molecular weight is 158 g/mol. The summed E-state index contributed by atoms with van der Waals surface area (Å²) in [4.78, 5) is 0. The van der Waals surface area contributed by atoms with Gasteiger partial charge in [-0.25, -0.2) is 0 Å². The molecule has 0 aromatic carbocycles. The van der Waals surface area contributed by atoms with Gasteiger partial charge >= 0.3 is 0 Å². The molecule has 11 heavy (non-hydrogen) atoms. The molecule has 0 saturated carbocycles. The predicted octanol–water partition coefficient (Wildman–Crippen LogP) is 1.50. The standard InChI is InChI=1S/C9H22N2/c1-4-6-9(10)7-8(3)11-5-2/h8-9,11H,4-7,10H2,1-3H3. The van der Waals surface area contributed by atoms with E-state index in [1.165, 1.54) is 6.42 Å². The van der Waals surface area contributed by atoms with Crippen molar-refractivity contribution in [1.82, 2.24) is 5.32 Å². The number of hydrogen-bond acceptors (Lipinski definition) is 2. The van der Waals surface area contributed by atoms with Crippen molar-refractivity contribution in [2.24, 2.45) is 5.73 Å². The van der Waals surface area contributed by atoms with Crippen molar-refractivity contribution in [3.8, 4) is 0 Å². The van der Waals surface area contributed by atoms with Gasteiger partial charge in [-0.15, -0.1) is 0 Å². The van der Waals surface area contributed by atoms with E-state index in [4.69, 9.17) is 5.73 Å². The summed E-state index contributed by atoms with van der Waals surface area (Å²) in [6.45, 7) is 7.54. The average Bonchev–Trinajstić information content (AvgIpc) is 1.87. The molecule has 0 aromatic heterocycles. The zero-order valence-electron chi connectivity index (χ0n) is 8.06. The molecule has 0 aliphatic rings. The number of rotatable bonds is 6. The highest BCUT2D eigenvalue weighted by atomic mass is 14.9. The fraction of sp³-hybridized carbons (Fsp3) is 1.00. The van der Waals surface area contributed by atoms with Crippen LogP contribution < -0.4 is 11.1 Å². The molecule has 0 radical (unpaired) electrons. The Kier molecular flexibility index (Phi) is 6.57. The van der Waals surface area contributed by atoms with E-state index in [9.17, 15) is 0 Å². The highest BCUT2D eigenvalue weighted by Crippen LogP contribution is 2.01. The molecule has 0 aliphatic heterocycles. The van der Waals surface area contributed by atoms with E-state index in [0.717, 1.165) is 19.4 Å². The largest absolute Gasteiger partial charge is 0.328 e. The number of nitrogens with one attached hydrogen (secondary N) is 1. The Morgan fingerprint density at radius 1 is 1.36 bits per heavy atom. The van der Waals surface area contributed by atoms with Crippen LogP contribution in [0, 0.1) is 0 Å². The zero-order valence-corrected chi connectivity index (χ0v) is 8.06. The van der Waals surface area contributed by atoms with E-state index >= 15 is 0 Å². The molecule has 0 bridgehead atoms. The summed E-state index contributed by atoms with van der Waals surface area (Å²) in [6.07, 6.45) is 3.44. The molecular formula is C9H22N2. The minimum absolute atomic E-state index is 0.383. The molecule has 0 saturated heterocycles. The van der Waals surface area contributed by atoms with E-state index in [0.29, 0.717) is 12.1 Å². The predicted molar refractivity (Wildman–Crippen MR) is 50.6 cm³/mol. The van der Waals surface area contributed by atoms with E-state index in [1.807, 2.05) is 0 Å². The highest BCUT2D eigenvalue weighted by molar-refractivity contribution is 4.68. The summed E-state index contributed by atoms with van der Waals surface area (Å²) in [5.74, 6) is 0. The maximum absolute atomic E-state index is 5.88. The molecule has 68 valence electrons. The summed E-state index contributed by atoms with van der Waals surface area (Å²) in [5.41, 5.74) is 5.88.